The number of hydrogen-bond donors (Lipinski definition) is 0. The molecule has 0 unspecified atom stereocenters. The number of benzene rings is 3. The summed E-state index contributed by atoms with van der Waals surface area (Å²) in [5, 5.41) is 9.66. The lowest BCUT2D eigenvalue weighted by Gasteiger charge is -2.09. The molecule has 0 aliphatic rings. The van der Waals surface area contributed by atoms with E-state index in [-0.39, 0.29) is 18.0 Å². The van der Waals surface area contributed by atoms with Gasteiger partial charge in [0.15, 0.2) is 0 Å². The van der Waals surface area contributed by atoms with Gasteiger partial charge in [-0.25, -0.2) is 8.78 Å². The Hall–Kier alpha value is -3.56. The Morgan fingerprint density at radius 1 is 1.03 bits per heavy atom. The number of nitrogens with zero attached hydrogens (tertiary/aromatic N) is 1. The molecule has 0 fully saturated rings. The smallest absolute Gasteiger partial charge is 0.206 e. The summed E-state index contributed by atoms with van der Waals surface area (Å²) in [7, 11) is 0. The highest BCUT2D eigenvalue weighted by Gasteiger charge is 2.21. The first kappa shape index (κ1) is 18.8. The number of ether oxygens (including phenoxy) is 1. The number of rotatable bonds is 5. The first-order valence-corrected chi connectivity index (χ1v) is 9.51. The SMILES string of the molecule is N#Cc1ccc(C(=O)c2sc3ccccc3c2OCc2cc(F)ccc2F)cc1. The van der Waals surface area contributed by atoms with Crippen LogP contribution in [0.25, 0.3) is 10.1 Å². The normalized spacial score (nSPS) is 10.7. The van der Waals surface area contributed by atoms with Crippen LogP contribution in [-0.4, -0.2) is 5.78 Å². The van der Waals surface area contributed by atoms with Gasteiger partial charge in [-0.15, -0.1) is 11.3 Å². The molecule has 0 radical (unpaired) electrons. The van der Waals surface area contributed by atoms with E-state index in [9.17, 15) is 13.6 Å². The lowest BCUT2D eigenvalue weighted by molar-refractivity contribution is 0.103. The van der Waals surface area contributed by atoms with Gasteiger partial charge in [-0.2, -0.15) is 5.26 Å². The monoisotopic (exact) mass is 405 g/mol. The van der Waals surface area contributed by atoms with Crippen LogP contribution in [0.3, 0.4) is 0 Å². The predicted octanol–water partition coefficient (Wildman–Crippen LogP) is 5.86. The fraction of sp³-hybridized carbons (Fsp3) is 0.0435. The minimum absolute atomic E-state index is 0.0667. The minimum Gasteiger partial charge on any atom is -0.486 e. The Balaban J connectivity index is 1.73. The topological polar surface area (TPSA) is 50.1 Å². The summed E-state index contributed by atoms with van der Waals surface area (Å²) in [6.45, 7) is -0.210. The molecule has 0 aliphatic heterocycles. The average molecular weight is 405 g/mol. The molecule has 1 aromatic heterocycles. The van der Waals surface area contributed by atoms with Crippen LogP contribution in [0.15, 0.2) is 66.7 Å². The molecule has 4 rings (SSSR count). The van der Waals surface area contributed by atoms with Crippen LogP contribution in [0.5, 0.6) is 5.75 Å². The van der Waals surface area contributed by atoms with Crippen molar-refractivity contribution < 1.29 is 18.3 Å². The summed E-state index contributed by atoms with van der Waals surface area (Å²) in [5.74, 6) is -1.06. The fourth-order valence-corrected chi connectivity index (χ4v) is 4.06. The van der Waals surface area contributed by atoms with Gasteiger partial charge in [-0.1, -0.05) is 12.1 Å². The molecular formula is C23H13F2NO2S. The largest absolute Gasteiger partial charge is 0.486 e. The first-order valence-electron chi connectivity index (χ1n) is 8.70. The summed E-state index contributed by atoms with van der Waals surface area (Å²) in [6, 6.07) is 18.8. The minimum atomic E-state index is -0.578. The van der Waals surface area contributed by atoms with Crippen LogP contribution in [0.4, 0.5) is 8.78 Å². The lowest BCUT2D eigenvalue weighted by Crippen LogP contribution is -2.04. The number of carbonyl (C=O) groups excluding carboxylic acids is 1. The van der Waals surface area contributed by atoms with Gasteiger partial charge in [0.1, 0.15) is 28.9 Å². The Morgan fingerprint density at radius 3 is 2.55 bits per heavy atom. The van der Waals surface area contributed by atoms with Crippen molar-refractivity contribution in [3.63, 3.8) is 0 Å². The van der Waals surface area contributed by atoms with E-state index in [1.807, 2.05) is 30.3 Å². The molecule has 3 aromatic carbocycles. The van der Waals surface area contributed by atoms with Gasteiger partial charge in [0.2, 0.25) is 5.78 Å². The van der Waals surface area contributed by atoms with E-state index in [1.165, 1.54) is 11.3 Å². The van der Waals surface area contributed by atoms with Gasteiger partial charge >= 0.3 is 0 Å². The molecule has 29 heavy (non-hydrogen) atoms. The van der Waals surface area contributed by atoms with Gasteiger partial charge < -0.3 is 4.74 Å². The van der Waals surface area contributed by atoms with Gasteiger partial charge in [0.05, 0.1) is 11.6 Å². The molecule has 0 bridgehead atoms. The third kappa shape index (κ3) is 3.73. The second kappa shape index (κ2) is 7.82. The molecule has 142 valence electrons. The van der Waals surface area contributed by atoms with Gasteiger partial charge in [0, 0.05) is 21.2 Å². The zero-order chi connectivity index (χ0) is 20.4. The third-order valence-electron chi connectivity index (χ3n) is 4.41. The number of halogens is 2. The van der Waals surface area contributed by atoms with Crippen molar-refractivity contribution in [2.24, 2.45) is 0 Å². The number of hydrogen-bond acceptors (Lipinski definition) is 4. The molecule has 0 atom stereocenters. The van der Waals surface area contributed by atoms with E-state index in [2.05, 4.69) is 0 Å². The molecule has 6 heteroatoms. The fourth-order valence-electron chi connectivity index (χ4n) is 2.95. The van der Waals surface area contributed by atoms with E-state index in [4.69, 9.17) is 10.00 Å². The summed E-state index contributed by atoms with van der Waals surface area (Å²) in [4.78, 5) is 13.5. The van der Waals surface area contributed by atoms with Crippen LogP contribution >= 0.6 is 11.3 Å². The van der Waals surface area contributed by atoms with Gasteiger partial charge in [0.25, 0.3) is 0 Å². The van der Waals surface area contributed by atoms with Crippen molar-refractivity contribution in [3.8, 4) is 11.8 Å². The van der Waals surface area contributed by atoms with Gasteiger partial charge in [-0.3, -0.25) is 4.79 Å². The molecule has 0 spiro atoms. The summed E-state index contributed by atoms with van der Waals surface area (Å²) in [6.07, 6.45) is 0. The van der Waals surface area contributed by atoms with E-state index >= 15 is 0 Å². The number of nitriles is 1. The van der Waals surface area contributed by atoms with Crippen LogP contribution < -0.4 is 4.74 Å². The van der Waals surface area contributed by atoms with E-state index in [1.54, 1.807) is 24.3 Å². The van der Waals surface area contributed by atoms with Crippen LogP contribution in [0, 0.1) is 23.0 Å². The maximum Gasteiger partial charge on any atom is 0.206 e. The highest BCUT2D eigenvalue weighted by molar-refractivity contribution is 7.21. The maximum absolute atomic E-state index is 14.0. The Labute approximate surface area is 169 Å². The molecule has 3 nitrogen and oxygen atoms in total. The summed E-state index contributed by atoms with van der Waals surface area (Å²) < 4.78 is 34.1. The molecule has 4 aromatic rings. The van der Waals surface area contributed by atoms with Crippen molar-refractivity contribution in [1.29, 1.82) is 5.26 Å². The summed E-state index contributed by atoms with van der Waals surface area (Å²) in [5.41, 5.74) is 0.935. The highest BCUT2D eigenvalue weighted by atomic mass is 32.1. The van der Waals surface area contributed by atoms with Crippen molar-refractivity contribution in [2.45, 2.75) is 6.61 Å². The molecule has 0 saturated heterocycles. The second-order valence-electron chi connectivity index (χ2n) is 6.30. The van der Waals surface area contributed by atoms with Crippen molar-refractivity contribution in [2.75, 3.05) is 0 Å². The van der Waals surface area contributed by atoms with E-state index in [0.29, 0.717) is 21.8 Å². The van der Waals surface area contributed by atoms with Crippen molar-refractivity contribution in [1.82, 2.24) is 0 Å². The Kier molecular flexibility index (Phi) is 5.07. The number of thiophene rings is 1. The maximum atomic E-state index is 14.0. The lowest BCUT2D eigenvalue weighted by atomic mass is 10.1. The van der Waals surface area contributed by atoms with E-state index < -0.39 is 11.6 Å². The molecule has 0 N–H and O–H groups in total. The standard InChI is InChI=1S/C23H13F2NO2S/c24-17-9-10-19(25)16(11-17)13-28-22-18-3-1-2-4-20(18)29-23(22)21(27)15-7-5-14(12-26)6-8-15/h1-11H,13H2. The number of carbonyl (C=O) groups is 1. The van der Waals surface area contributed by atoms with Gasteiger partial charge in [-0.05, 0) is 54.6 Å². The quantitative estimate of drug-likeness (QED) is 0.391. The Bertz CT molecular complexity index is 1260. The average Bonchev–Trinajstić information content (AvgIpc) is 3.12. The van der Waals surface area contributed by atoms with Crippen LogP contribution in [0.2, 0.25) is 0 Å². The first-order chi connectivity index (χ1) is 14.1. The third-order valence-corrected chi connectivity index (χ3v) is 5.56. The number of ketones is 1. The molecular weight excluding hydrogens is 392 g/mol. The van der Waals surface area contributed by atoms with Crippen LogP contribution in [0.1, 0.15) is 26.4 Å². The molecule has 0 aliphatic carbocycles. The zero-order valence-corrected chi connectivity index (χ0v) is 15.8. The zero-order valence-electron chi connectivity index (χ0n) is 15.0. The van der Waals surface area contributed by atoms with Crippen molar-refractivity contribution in [3.05, 3.63) is 99.9 Å². The predicted molar refractivity (Wildman–Crippen MR) is 107 cm³/mol. The second-order valence-corrected chi connectivity index (χ2v) is 7.35. The Morgan fingerprint density at radius 2 is 1.79 bits per heavy atom. The highest BCUT2D eigenvalue weighted by Crippen LogP contribution is 2.39. The molecule has 0 amide bonds. The number of fused-ring (bicyclic) bond motifs is 1. The van der Waals surface area contributed by atoms with Crippen LogP contribution in [-0.2, 0) is 6.61 Å². The summed E-state index contributed by atoms with van der Waals surface area (Å²) >= 11 is 1.27. The van der Waals surface area contributed by atoms with E-state index in [0.717, 1.165) is 28.3 Å². The van der Waals surface area contributed by atoms with Crippen molar-refractivity contribution >= 4 is 27.2 Å². The molecule has 1 heterocycles. The molecule has 0 saturated carbocycles.